The number of aromatic nitrogens is 2. The maximum Gasteiger partial charge on any atom is 0.226 e. The number of thiocarbonyl (C=S) groups is 1. The summed E-state index contributed by atoms with van der Waals surface area (Å²) in [4.78, 5) is 19.4. The Bertz CT molecular complexity index is 1530. The molecule has 2 N–H and O–H groups in total. The molecular formula is C29H26Cl2FN5OS. The molecule has 2 aromatic carbocycles. The van der Waals surface area contributed by atoms with E-state index in [-0.39, 0.29) is 30.2 Å². The fourth-order valence-corrected chi connectivity index (χ4v) is 5.91. The quantitative estimate of drug-likeness (QED) is 0.231. The molecule has 0 radical (unpaired) electrons. The maximum atomic E-state index is 13.3. The normalized spacial score (nSPS) is 16.8. The molecule has 39 heavy (non-hydrogen) atoms. The van der Waals surface area contributed by atoms with Gasteiger partial charge in [-0.25, -0.2) is 4.39 Å². The number of amides is 1. The average Bonchev–Trinajstić information content (AvgIpc) is 3.39. The van der Waals surface area contributed by atoms with Gasteiger partial charge >= 0.3 is 0 Å². The number of nitrogens with zero attached hydrogens (tertiary/aromatic N) is 3. The molecule has 1 amide bonds. The Balaban J connectivity index is 1.48. The molecule has 0 unspecified atom stereocenters. The zero-order valence-electron chi connectivity index (χ0n) is 21.3. The molecule has 0 spiro atoms. The second-order valence-corrected chi connectivity index (χ2v) is 10.6. The first-order valence-corrected chi connectivity index (χ1v) is 13.6. The number of nitrogens with one attached hydrogen (secondary N) is 2. The molecule has 0 saturated carbocycles. The first-order chi connectivity index (χ1) is 18.7. The van der Waals surface area contributed by atoms with Crippen LogP contribution in [0, 0.1) is 19.7 Å². The summed E-state index contributed by atoms with van der Waals surface area (Å²) in [5, 5.41) is 7.91. The lowest BCUT2D eigenvalue weighted by molar-refractivity contribution is -0.116. The lowest BCUT2D eigenvalue weighted by Crippen LogP contribution is -2.32. The van der Waals surface area contributed by atoms with E-state index in [0.717, 1.165) is 28.3 Å². The molecule has 1 saturated heterocycles. The Morgan fingerprint density at radius 3 is 2.56 bits per heavy atom. The topological polar surface area (TPSA) is 62.2 Å². The molecule has 2 atom stereocenters. The molecule has 4 aromatic rings. The molecule has 1 aliphatic heterocycles. The number of carbonyl (C=O) groups is 1. The van der Waals surface area contributed by atoms with Gasteiger partial charge in [0.05, 0.1) is 28.5 Å². The second kappa shape index (κ2) is 11.3. The van der Waals surface area contributed by atoms with Crippen LogP contribution in [0.5, 0.6) is 0 Å². The monoisotopic (exact) mass is 581 g/mol. The van der Waals surface area contributed by atoms with E-state index in [9.17, 15) is 9.18 Å². The third-order valence-corrected chi connectivity index (χ3v) is 7.74. The van der Waals surface area contributed by atoms with E-state index < -0.39 is 0 Å². The largest absolute Gasteiger partial charge is 0.352 e. The van der Waals surface area contributed by atoms with Crippen LogP contribution in [0.4, 0.5) is 10.1 Å². The molecule has 10 heteroatoms. The van der Waals surface area contributed by atoms with Gasteiger partial charge in [-0.3, -0.25) is 9.78 Å². The van der Waals surface area contributed by atoms with Crippen LogP contribution in [0.15, 0.2) is 72.9 Å². The van der Waals surface area contributed by atoms with Crippen LogP contribution >= 0.6 is 35.4 Å². The number of hydrogen-bond acceptors (Lipinski definition) is 3. The summed E-state index contributed by atoms with van der Waals surface area (Å²) in [6.45, 7) is 4.44. The van der Waals surface area contributed by atoms with E-state index in [1.54, 1.807) is 12.3 Å². The van der Waals surface area contributed by atoms with Crippen molar-refractivity contribution in [3.63, 3.8) is 0 Å². The van der Waals surface area contributed by atoms with Gasteiger partial charge in [-0.15, -0.1) is 0 Å². The van der Waals surface area contributed by atoms with Crippen molar-refractivity contribution >= 4 is 52.1 Å². The van der Waals surface area contributed by atoms with Crippen molar-refractivity contribution < 1.29 is 9.18 Å². The number of hydrogen-bond donors (Lipinski definition) is 2. The predicted octanol–water partition coefficient (Wildman–Crippen LogP) is 6.94. The van der Waals surface area contributed by atoms with Crippen LogP contribution in [0.1, 0.15) is 41.1 Å². The van der Waals surface area contributed by atoms with Crippen LogP contribution in [0.2, 0.25) is 10.0 Å². The zero-order valence-corrected chi connectivity index (χ0v) is 23.6. The van der Waals surface area contributed by atoms with E-state index in [1.807, 2.05) is 49.1 Å². The summed E-state index contributed by atoms with van der Waals surface area (Å²) in [5.41, 5.74) is 5.25. The zero-order chi connectivity index (χ0) is 27.7. The van der Waals surface area contributed by atoms with E-state index in [1.165, 1.54) is 24.3 Å². The first-order valence-electron chi connectivity index (χ1n) is 12.4. The Kier molecular flexibility index (Phi) is 7.88. The number of anilines is 1. The Morgan fingerprint density at radius 2 is 1.87 bits per heavy atom. The van der Waals surface area contributed by atoms with Crippen molar-refractivity contribution in [1.29, 1.82) is 0 Å². The number of aryl methyl sites for hydroxylation is 1. The summed E-state index contributed by atoms with van der Waals surface area (Å²) in [6.07, 6.45) is 1.94. The Labute approximate surface area is 241 Å². The highest BCUT2D eigenvalue weighted by atomic mass is 35.5. The number of carbonyl (C=O) groups excluding carboxylic acids is 1. The minimum Gasteiger partial charge on any atom is -0.352 e. The molecule has 0 bridgehead atoms. The Morgan fingerprint density at radius 1 is 1.10 bits per heavy atom. The lowest BCUT2D eigenvalue weighted by Gasteiger charge is -2.28. The first kappa shape index (κ1) is 27.1. The number of benzene rings is 2. The fraction of sp³-hybridized carbons (Fsp3) is 0.207. The molecule has 1 fully saturated rings. The van der Waals surface area contributed by atoms with Crippen LogP contribution in [0.3, 0.4) is 0 Å². The highest BCUT2D eigenvalue weighted by Crippen LogP contribution is 2.42. The fourth-order valence-electron chi connectivity index (χ4n) is 5.08. The van der Waals surface area contributed by atoms with Crippen LogP contribution in [-0.2, 0) is 4.79 Å². The molecular weight excluding hydrogens is 556 g/mol. The molecule has 3 heterocycles. The predicted molar refractivity (Wildman–Crippen MR) is 157 cm³/mol. The van der Waals surface area contributed by atoms with Gasteiger partial charge in [0.2, 0.25) is 5.91 Å². The van der Waals surface area contributed by atoms with E-state index in [0.29, 0.717) is 27.4 Å². The molecule has 6 nitrogen and oxygen atoms in total. The maximum absolute atomic E-state index is 13.3. The average molecular weight is 583 g/mol. The minimum absolute atomic E-state index is 0.187. The third kappa shape index (κ3) is 5.64. The highest BCUT2D eigenvalue weighted by Gasteiger charge is 2.41. The third-order valence-electron chi connectivity index (χ3n) is 6.85. The standard InChI is InChI=1S/C29H26Cl2FN5OS/c1-17-15-22(18(2)37(17)25-11-6-19(30)16-23(25)31)28-27(24-5-3-4-13-33-24)35-29(39)36(28)14-12-26(38)34-21-9-7-20(32)8-10-21/h3-11,13,15-16,27-28H,12,14H2,1-2H3,(H,34,38)(H,35,39)/t27-,28+/m1/s1. The lowest BCUT2D eigenvalue weighted by atomic mass is 9.96. The summed E-state index contributed by atoms with van der Waals surface area (Å²) in [7, 11) is 0. The van der Waals surface area contributed by atoms with Crippen molar-refractivity contribution in [3.05, 3.63) is 111 Å². The van der Waals surface area contributed by atoms with Crippen molar-refractivity contribution in [1.82, 2.24) is 19.8 Å². The molecule has 5 rings (SSSR count). The van der Waals surface area contributed by atoms with E-state index >= 15 is 0 Å². The van der Waals surface area contributed by atoms with E-state index in [2.05, 4.69) is 26.3 Å². The highest BCUT2D eigenvalue weighted by molar-refractivity contribution is 7.80. The van der Waals surface area contributed by atoms with Crippen molar-refractivity contribution in [3.8, 4) is 5.69 Å². The Hall–Kier alpha value is -3.46. The molecule has 200 valence electrons. The smallest absolute Gasteiger partial charge is 0.226 e. The number of pyridine rings is 1. The summed E-state index contributed by atoms with van der Waals surface area (Å²) in [6, 6.07) is 18.6. The van der Waals surface area contributed by atoms with Crippen LogP contribution < -0.4 is 10.6 Å². The SMILES string of the molecule is Cc1cc([C@H]2[C@@H](c3ccccn3)NC(=S)N2CCC(=O)Nc2ccc(F)cc2)c(C)n1-c1ccc(Cl)cc1Cl. The van der Waals surface area contributed by atoms with Gasteiger partial charge in [0.15, 0.2) is 5.11 Å². The van der Waals surface area contributed by atoms with Crippen LogP contribution in [0.25, 0.3) is 5.69 Å². The molecule has 1 aliphatic rings. The summed E-state index contributed by atoms with van der Waals surface area (Å²) < 4.78 is 15.4. The summed E-state index contributed by atoms with van der Waals surface area (Å²) >= 11 is 18.5. The van der Waals surface area contributed by atoms with Crippen molar-refractivity contribution in [2.24, 2.45) is 0 Å². The molecule has 2 aromatic heterocycles. The van der Waals surface area contributed by atoms with Gasteiger partial charge in [-0.05, 0) is 92.3 Å². The number of halogens is 3. The minimum atomic E-state index is -0.359. The van der Waals surface area contributed by atoms with Crippen LogP contribution in [-0.4, -0.2) is 32.0 Å². The molecule has 0 aliphatic carbocycles. The van der Waals surface area contributed by atoms with Gasteiger partial charge in [0.25, 0.3) is 0 Å². The van der Waals surface area contributed by atoms with E-state index in [4.69, 9.17) is 35.4 Å². The van der Waals surface area contributed by atoms with Gasteiger partial charge < -0.3 is 20.1 Å². The van der Waals surface area contributed by atoms with Crippen molar-refractivity contribution in [2.75, 3.05) is 11.9 Å². The van der Waals surface area contributed by atoms with Crippen molar-refractivity contribution in [2.45, 2.75) is 32.4 Å². The second-order valence-electron chi connectivity index (χ2n) is 9.38. The number of rotatable bonds is 7. The van der Waals surface area contributed by atoms with Gasteiger partial charge in [0.1, 0.15) is 5.82 Å². The van der Waals surface area contributed by atoms with Gasteiger partial charge in [-0.2, -0.15) is 0 Å². The summed E-state index contributed by atoms with van der Waals surface area (Å²) in [5.74, 6) is -0.551. The van der Waals surface area contributed by atoms with Gasteiger partial charge in [0, 0.05) is 41.3 Å². The van der Waals surface area contributed by atoms with Gasteiger partial charge in [-0.1, -0.05) is 29.3 Å².